The van der Waals surface area contributed by atoms with Crippen LogP contribution in [0.3, 0.4) is 0 Å². The molecule has 6 heteroatoms. The van der Waals surface area contributed by atoms with E-state index >= 15 is 0 Å². The molecule has 0 bridgehead atoms. The maximum absolute atomic E-state index is 12.2. The van der Waals surface area contributed by atoms with Gasteiger partial charge in [0.2, 0.25) is 5.91 Å². The fourth-order valence-electron chi connectivity index (χ4n) is 3.88. The molecule has 0 radical (unpaired) electrons. The molecule has 26 heavy (non-hydrogen) atoms. The summed E-state index contributed by atoms with van der Waals surface area (Å²) in [5.41, 5.74) is 2.26. The lowest BCUT2D eigenvalue weighted by Gasteiger charge is -2.31. The number of carbonyl (C=O) groups is 1. The minimum atomic E-state index is 0.0560. The van der Waals surface area contributed by atoms with Crippen LogP contribution in [0.1, 0.15) is 42.3 Å². The number of aromatic nitrogens is 2. The second kappa shape index (κ2) is 7.60. The Balaban J connectivity index is 1.45. The van der Waals surface area contributed by atoms with Crippen molar-refractivity contribution in [2.45, 2.75) is 37.8 Å². The first-order chi connectivity index (χ1) is 12.7. The average molecular weight is 354 g/mol. The number of fused-ring (bicyclic) bond motifs is 1. The summed E-state index contributed by atoms with van der Waals surface area (Å²) in [5, 5.41) is 7.67. The van der Waals surface area contributed by atoms with Gasteiger partial charge in [0.1, 0.15) is 5.82 Å². The number of rotatable bonds is 5. The molecule has 1 atom stereocenters. The van der Waals surface area contributed by atoms with Gasteiger partial charge in [-0.25, -0.2) is 4.68 Å². The maximum Gasteiger partial charge on any atom is 0.226 e. The smallest absolute Gasteiger partial charge is 0.226 e. The van der Waals surface area contributed by atoms with Gasteiger partial charge in [-0.2, -0.15) is 5.10 Å². The van der Waals surface area contributed by atoms with Crippen LogP contribution in [0.4, 0.5) is 5.82 Å². The minimum absolute atomic E-state index is 0.0560. The third-order valence-electron chi connectivity index (χ3n) is 5.42. The molecule has 2 aliphatic heterocycles. The molecule has 2 aliphatic rings. The van der Waals surface area contributed by atoms with E-state index in [4.69, 9.17) is 4.74 Å². The Morgan fingerprint density at radius 1 is 1.23 bits per heavy atom. The molecule has 1 saturated heterocycles. The molecule has 3 heterocycles. The van der Waals surface area contributed by atoms with Crippen molar-refractivity contribution in [3.8, 4) is 0 Å². The Bertz CT molecular complexity index is 750. The van der Waals surface area contributed by atoms with Crippen molar-refractivity contribution in [2.75, 3.05) is 32.1 Å². The molecular weight excluding hydrogens is 328 g/mol. The number of piperidine rings is 1. The van der Waals surface area contributed by atoms with Crippen LogP contribution in [0.5, 0.6) is 0 Å². The molecule has 1 aromatic heterocycles. The highest BCUT2D eigenvalue weighted by molar-refractivity contribution is 5.93. The monoisotopic (exact) mass is 354 g/mol. The van der Waals surface area contributed by atoms with Crippen molar-refractivity contribution >= 4 is 11.7 Å². The Hall–Kier alpha value is -2.18. The van der Waals surface area contributed by atoms with Crippen molar-refractivity contribution < 1.29 is 9.53 Å². The number of anilines is 1. The molecule has 0 unspecified atom stereocenters. The van der Waals surface area contributed by atoms with Gasteiger partial charge in [-0.05, 0) is 38.5 Å². The molecule has 2 aromatic rings. The van der Waals surface area contributed by atoms with Crippen LogP contribution in [-0.2, 0) is 16.1 Å². The summed E-state index contributed by atoms with van der Waals surface area (Å²) in [4.78, 5) is 14.6. The molecule has 0 saturated carbocycles. The van der Waals surface area contributed by atoms with Gasteiger partial charge >= 0.3 is 0 Å². The summed E-state index contributed by atoms with van der Waals surface area (Å²) in [6, 6.07) is 10.5. The van der Waals surface area contributed by atoms with Gasteiger partial charge in [0.15, 0.2) is 0 Å². The number of carbonyl (C=O) groups excluding carboxylic acids is 1. The molecule has 138 valence electrons. The summed E-state index contributed by atoms with van der Waals surface area (Å²) < 4.78 is 7.94. The van der Waals surface area contributed by atoms with E-state index in [0.29, 0.717) is 25.7 Å². The third-order valence-corrected chi connectivity index (χ3v) is 5.42. The lowest BCUT2D eigenvalue weighted by atomic mass is 9.95. The Morgan fingerprint density at radius 2 is 2.00 bits per heavy atom. The highest BCUT2D eigenvalue weighted by atomic mass is 16.5. The van der Waals surface area contributed by atoms with E-state index < -0.39 is 0 Å². The van der Waals surface area contributed by atoms with Crippen LogP contribution >= 0.6 is 0 Å². The predicted octanol–water partition coefficient (Wildman–Crippen LogP) is 2.79. The van der Waals surface area contributed by atoms with E-state index in [9.17, 15) is 4.79 Å². The van der Waals surface area contributed by atoms with Crippen molar-refractivity contribution in [2.24, 2.45) is 0 Å². The summed E-state index contributed by atoms with van der Waals surface area (Å²) in [6.45, 7) is 3.24. The second-order valence-electron chi connectivity index (χ2n) is 7.38. The first-order valence-corrected chi connectivity index (χ1v) is 9.38. The highest BCUT2D eigenvalue weighted by Gasteiger charge is 2.31. The zero-order valence-electron chi connectivity index (χ0n) is 15.2. The average Bonchev–Trinajstić information content (AvgIpc) is 3.07. The Morgan fingerprint density at radius 3 is 2.77 bits per heavy atom. The van der Waals surface area contributed by atoms with Gasteiger partial charge in [0.25, 0.3) is 0 Å². The van der Waals surface area contributed by atoms with Gasteiger partial charge in [-0.1, -0.05) is 30.3 Å². The largest absolute Gasteiger partial charge is 0.376 e. The number of benzene rings is 1. The fraction of sp³-hybridized carbons (Fsp3) is 0.500. The topological polar surface area (TPSA) is 59.4 Å². The van der Waals surface area contributed by atoms with Crippen LogP contribution in [0.25, 0.3) is 0 Å². The van der Waals surface area contributed by atoms with Gasteiger partial charge in [-0.15, -0.1) is 0 Å². The number of hydrogen-bond acceptors (Lipinski definition) is 4. The number of amides is 1. The number of nitrogens with one attached hydrogen (secondary N) is 1. The SMILES string of the molecule is CN1CCC(n2ncc3c2NC(=O)C[C@H]3COCc2ccccc2)CC1. The lowest BCUT2D eigenvalue weighted by Crippen LogP contribution is -2.33. The molecule has 1 N–H and O–H groups in total. The first-order valence-electron chi connectivity index (χ1n) is 9.38. The van der Waals surface area contributed by atoms with E-state index in [1.807, 2.05) is 29.1 Å². The van der Waals surface area contributed by atoms with E-state index in [0.717, 1.165) is 42.9 Å². The quantitative estimate of drug-likeness (QED) is 0.897. The molecule has 1 aromatic carbocycles. The van der Waals surface area contributed by atoms with Crippen LogP contribution in [0.15, 0.2) is 36.5 Å². The standard InChI is InChI=1S/C20H26N4O2/c1-23-9-7-17(8-10-23)24-20-18(12-21-24)16(11-19(25)22-20)14-26-13-15-5-3-2-4-6-15/h2-6,12,16-17H,7-11,13-14H2,1H3,(H,22,25)/t16-/m0/s1. The Labute approximate surface area is 154 Å². The van der Waals surface area contributed by atoms with Gasteiger partial charge < -0.3 is 15.0 Å². The zero-order valence-corrected chi connectivity index (χ0v) is 15.2. The van der Waals surface area contributed by atoms with E-state index in [2.05, 4.69) is 34.5 Å². The molecule has 0 aliphatic carbocycles. The predicted molar refractivity (Wildman–Crippen MR) is 100 cm³/mol. The maximum atomic E-state index is 12.2. The highest BCUT2D eigenvalue weighted by Crippen LogP contribution is 2.36. The first kappa shape index (κ1) is 17.2. The Kier molecular flexibility index (Phi) is 5.04. The number of ether oxygens (including phenoxy) is 1. The summed E-state index contributed by atoms with van der Waals surface area (Å²) >= 11 is 0. The van der Waals surface area contributed by atoms with Gasteiger partial charge in [-0.3, -0.25) is 4.79 Å². The molecule has 6 nitrogen and oxygen atoms in total. The zero-order chi connectivity index (χ0) is 17.9. The van der Waals surface area contributed by atoms with Crippen molar-refractivity contribution in [1.82, 2.24) is 14.7 Å². The molecule has 1 amide bonds. The fourth-order valence-corrected chi connectivity index (χ4v) is 3.88. The lowest BCUT2D eigenvalue weighted by molar-refractivity contribution is -0.117. The molecular formula is C20H26N4O2. The van der Waals surface area contributed by atoms with Crippen LogP contribution in [0.2, 0.25) is 0 Å². The normalized spacial score (nSPS) is 21.4. The van der Waals surface area contributed by atoms with Gasteiger partial charge in [0.05, 0.1) is 25.5 Å². The van der Waals surface area contributed by atoms with Crippen LogP contribution < -0.4 is 5.32 Å². The molecule has 0 spiro atoms. The van der Waals surface area contributed by atoms with Crippen molar-refractivity contribution in [3.63, 3.8) is 0 Å². The van der Waals surface area contributed by atoms with Crippen molar-refractivity contribution in [1.29, 1.82) is 0 Å². The number of hydrogen-bond donors (Lipinski definition) is 1. The summed E-state index contributed by atoms with van der Waals surface area (Å²) in [7, 11) is 2.15. The van der Waals surface area contributed by atoms with Crippen LogP contribution in [-0.4, -0.2) is 47.3 Å². The summed E-state index contributed by atoms with van der Waals surface area (Å²) in [5.74, 6) is 1.01. The number of nitrogens with zero attached hydrogens (tertiary/aromatic N) is 3. The third kappa shape index (κ3) is 3.66. The second-order valence-corrected chi connectivity index (χ2v) is 7.38. The number of likely N-dealkylation sites (tertiary alicyclic amines) is 1. The van der Waals surface area contributed by atoms with Crippen LogP contribution in [0, 0.1) is 0 Å². The van der Waals surface area contributed by atoms with E-state index in [1.54, 1.807) is 0 Å². The van der Waals surface area contributed by atoms with E-state index in [1.165, 1.54) is 0 Å². The van der Waals surface area contributed by atoms with Gasteiger partial charge in [0, 0.05) is 17.9 Å². The van der Waals surface area contributed by atoms with Crippen molar-refractivity contribution in [3.05, 3.63) is 47.7 Å². The molecule has 1 fully saturated rings. The van der Waals surface area contributed by atoms with E-state index in [-0.39, 0.29) is 11.8 Å². The minimum Gasteiger partial charge on any atom is -0.376 e. The summed E-state index contributed by atoms with van der Waals surface area (Å²) in [6.07, 6.45) is 4.51. The molecule has 4 rings (SSSR count).